The van der Waals surface area contributed by atoms with Crippen molar-refractivity contribution in [1.82, 2.24) is 10.2 Å². The van der Waals surface area contributed by atoms with Gasteiger partial charge in [0, 0.05) is 12.6 Å². The van der Waals surface area contributed by atoms with E-state index in [-0.39, 0.29) is 6.04 Å². The Kier molecular flexibility index (Phi) is 5.68. The predicted octanol–water partition coefficient (Wildman–Crippen LogP) is 2.95. The van der Waals surface area contributed by atoms with Crippen LogP contribution < -0.4 is 5.32 Å². The Morgan fingerprint density at radius 1 is 1.16 bits per heavy atom. The van der Waals surface area contributed by atoms with Gasteiger partial charge in [0.2, 0.25) is 5.91 Å². The molecule has 0 aromatic carbocycles. The van der Waals surface area contributed by atoms with Crippen LogP contribution in [0.3, 0.4) is 0 Å². The second-order valence-corrected chi connectivity index (χ2v) is 6.45. The van der Waals surface area contributed by atoms with E-state index in [1.54, 1.807) is 0 Å². The molecule has 110 valence electrons. The first-order valence-electron chi connectivity index (χ1n) is 8.26. The van der Waals surface area contributed by atoms with Crippen molar-refractivity contribution >= 4 is 5.91 Å². The zero-order valence-electron chi connectivity index (χ0n) is 12.7. The maximum absolute atomic E-state index is 12.6. The van der Waals surface area contributed by atoms with E-state index in [2.05, 4.69) is 24.1 Å². The molecule has 1 heterocycles. The van der Waals surface area contributed by atoms with Gasteiger partial charge < -0.3 is 10.2 Å². The summed E-state index contributed by atoms with van der Waals surface area (Å²) >= 11 is 0. The molecule has 2 rings (SSSR count). The molecule has 1 saturated carbocycles. The van der Waals surface area contributed by atoms with Gasteiger partial charge in [0.15, 0.2) is 0 Å². The van der Waals surface area contributed by atoms with Crippen molar-refractivity contribution in [3.8, 4) is 0 Å². The summed E-state index contributed by atoms with van der Waals surface area (Å²) in [7, 11) is 0. The van der Waals surface area contributed by atoms with Gasteiger partial charge in [0.25, 0.3) is 0 Å². The van der Waals surface area contributed by atoms with Crippen molar-refractivity contribution in [1.29, 1.82) is 0 Å². The molecule has 3 atom stereocenters. The number of likely N-dealkylation sites (tertiary alicyclic amines) is 1. The molecule has 0 aromatic heterocycles. The standard InChI is InChI=1S/C16H30N2O/c1-3-11-17-15-8-5-12-18(16(15)19)14-7-4-6-13(2)9-10-14/h13-15,17H,3-12H2,1-2H3. The topological polar surface area (TPSA) is 32.3 Å². The number of carbonyl (C=O) groups excluding carboxylic acids is 1. The minimum absolute atomic E-state index is 0.0920. The fourth-order valence-corrected chi connectivity index (χ4v) is 3.55. The van der Waals surface area contributed by atoms with Crippen molar-refractivity contribution in [2.24, 2.45) is 5.92 Å². The highest BCUT2D eigenvalue weighted by Gasteiger charge is 2.33. The van der Waals surface area contributed by atoms with E-state index in [9.17, 15) is 4.79 Å². The molecular formula is C16H30N2O. The van der Waals surface area contributed by atoms with Gasteiger partial charge in [0.1, 0.15) is 0 Å². The zero-order valence-corrected chi connectivity index (χ0v) is 12.7. The molecule has 0 spiro atoms. The second kappa shape index (κ2) is 7.28. The van der Waals surface area contributed by atoms with Gasteiger partial charge in [-0.2, -0.15) is 0 Å². The Balaban J connectivity index is 1.92. The predicted molar refractivity (Wildman–Crippen MR) is 79.1 cm³/mol. The molecular weight excluding hydrogens is 236 g/mol. The number of carbonyl (C=O) groups is 1. The van der Waals surface area contributed by atoms with Gasteiger partial charge in [0.05, 0.1) is 6.04 Å². The van der Waals surface area contributed by atoms with E-state index in [0.29, 0.717) is 11.9 Å². The number of hydrogen-bond acceptors (Lipinski definition) is 2. The lowest BCUT2D eigenvalue weighted by Crippen LogP contribution is -2.54. The first-order valence-corrected chi connectivity index (χ1v) is 8.26. The maximum atomic E-state index is 12.6. The normalized spacial score (nSPS) is 33.3. The number of rotatable bonds is 4. The molecule has 1 amide bonds. The number of amides is 1. The molecule has 19 heavy (non-hydrogen) atoms. The molecule has 1 N–H and O–H groups in total. The van der Waals surface area contributed by atoms with Gasteiger partial charge in [-0.25, -0.2) is 0 Å². The Bertz CT molecular complexity index is 292. The Labute approximate surface area is 118 Å². The smallest absolute Gasteiger partial charge is 0.239 e. The Morgan fingerprint density at radius 2 is 2.00 bits per heavy atom. The van der Waals surface area contributed by atoms with Crippen LogP contribution in [-0.2, 0) is 4.79 Å². The van der Waals surface area contributed by atoms with Gasteiger partial charge in [-0.1, -0.05) is 26.7 Å². The zero-order chi connectivity index (χ0) is 13.7. The van der Waals surface area contributed by atoms with Crippen molar-refractivity contribution in [3.63, 3.8) is 0 Å². The quantitative estimate of drug-likeness (QED) is 0.794. The molecule has 1 aliphatic carbocycles. The fraction of sp³-hybridized carbons (Fsp3) is 0.938. The molecule has 3 nitrogen and oxygen atoms in total. The van der Waals surface area contributed by atoms with Crippen LogP contribution in [0.25, 0.3) is 0 Å². The summed E-state index contributed by atoms with van der Waals surface area (Å²) in [6.07, 6.45) is 9.66. The maximum Gasteiger partial charge on any atom is 0.239 e. The molecule has 0 bridgehead atoms. The lowest BCUT2D eigenvalue weighted by Gasteiger charge is -2.38. The summed E-state index contributed by atoms with van der Waals surface area (Å²) in [4.78, 5) is 14.8. The summed E-state index contributed by atoms with van der Waals surface area (Å²) in [6.45, 7) is 6.46. The molecule has 1 saturated heterocycles. The summed E-state index contributed by atoms with van der Waals surface area (Å²) in [5.74, 6) is 1.22. The molecule has 3 unspecified atom stereocenters. The van der Waals surface area contributed by atoms with Crippen LogP contribution >= 0.6 is 0 Å². The third-order valence-electron chi connectivity index (χ3n) is 4.78. The summed E-state index contributed by atoms with van der Waals surface area (Å²) in [5, 5.41) is 3.42. The van der Waals surface area contributed by atoms with E-state index >= 15 is 0 Å². The van der Waals surface area contributed by atoms with Crippen LogP contribution in [0.5, 0.6) is 0 Å². The van der Waals surface area contributed by atoms with Crippen LogP contribution in [0.4, 0.5) is 0 Å². The van der Waals surface area contributed by atoms with Crippen molar-refractivity contribution in [2.45, 2.75) is 77.3 Å². The van der Waals surface area contributed by atoms with Gasteiger partial charge in [-0.3, -0.25) is 4.79 Å². The second-order valence-electron chi connectivity index (χ2n) is 6.45. The number of piperidine rings is 1. The van der Waals surface area contributed by atoms with Gasteiger partial charge >= 0.3 is 0 Å². The lowest BCUT2D eigenvalue weighted by atomic mass is 9.98. The van der Waals surface area contributed by atoms with E-state index in [4.69, 9.17) is 0 Å². The highest BCUT2D eigenvalue weighted by atomic mass is 16.2. The number of nitrogens with zero attached hydrogens (tertiary/aromatic N) is 1. The van der Waals surface area contributed by atoms with Crippen molar-refractivity contribution < 1.29 is 4.79 Å². The Morgan fingerprint density at radius 3 is 2.79 bits per heavy atom. The molecule has 2 fully saturated rings. The van der Waals surface area contributed by atoms with Crippen molar-refractivity contribution in [2.75, 3.05) is 13.1 Å². The summed E-state index contributed by atoms with van der Waals surface area (Å²) < 4.78 is 0. The van der Waals surface area contributed by atoms with E-state index < -0.39 is 0 Å². The van der Waals surface area contributed by atoms with Crippen LogP contribution in [0, 0.1) is 5.92 Å². The molecule has 0 radical (unpaired) electrons. The third kappa shape index (κ3) is 3.95. The molecule has 3 heteroatoms. The highest BCUT2D eigenvalue weighted by Crippen LogP contribution is 2.28. The highest BCUT2D eigenvalue weighted by molar-refractivity contribution is 5.82. The summed E-state index contributed by atoms with van der Waals surface area (Å²) in [6, 6.07) is 0.609. The van der Waals surface area contributed by atoms with E-state index in [0.717, 1.165) is 31.8 Å². The van der Waals surface area contributed by atoms with Gasteiger partial charge in [-0.15, -0.1) is 0 Å². The molecule has 2 aliphatic rings. The van der Waals surface area contributed by atoms with Crippen LogP contribution in [0.1, 0.15) is 65.2 Å². The van der Waals surface area contributed by atoms with Gasteiger partial charge in [-0.05, 0) is 51.0 Å². The van der Waals surface area contributed by atoms with E-state index in [1.807, 2.05) is 0 Å². The molecule has 0 aromatic rings. The first-order chi connectivity index (χ1) is 9.22. The van der Waals surface area contributed by atoms with Crippen LogP contribution in [-0.4, -0.2) is 36.0 Å². The fourth-order valence-electron chi connectivity index (χ4n) is 3.55. The average Bonchev–Trinajstić information content (AvgIpc) is 2.62. The minimum atomic E-state index is 0.0920. The Hall–Kier alpha value is -0.570. The van der Waals surface area contributed by atoms with Crippen molar-refractivity contribution in [3.05, 3.63) is 0 Å². The summed E-state index contributed by atoms with van der Waals surface area (Å²) in [5.41, 5.74) is 0. The lowest BCUT2D eigenvalue weighted by molar-refractivity contribution is -0.138. The first kappa shape index (κ1) is 14.8. The number of hydrogen-bond donors (Lipinski definition) is 1. The SMILES string of the molecule is CCCNC1CCCN(C2CCCC(C)CC2)C1=O. The van der Waals surface area contributed by atoms with Crippen LogP contribution in [0.15, 0.2) is 0 Å². The third-order valence-corrected chi connectivity index (χ3v) is 4.78. The van der Waals surface area contributed by atoms with E-state index in [1.165, 1.54) is 38.5 Å². The molecule has 1 aliphatic heterocycles. The minimum Gasteiger partial charge on any atom is -0.338 e. The largest absolute Gasteiger partial charge is 0.338 e. The average molecular weight is 266 g/mol. The van der Waals surface area contributed by atoms with Crippen LogP contribution in [0.2, 0.25) is 0 Å². The monoisotopic (exact) mass is 266 g/mol. The number of nitrogens with one attached hydrogen (secondary N) is 1.